The highest BCUT2D eigenvalue weighted by Gasteiger charge is 2.54. The first kappa shape index (κ1) is 26.8. The number of thioether (sulfide) groups is 2. The number of carbonyl (C=O) groups is 3. The van der Waals surface area contributed by atoms with E-state index >= 15 is 0 Å². The molecule has 1 aromatic heterocycles. The summed E-state index contributed by atoms with van der Waals surface area (Å²) in [5.41, 5.74) is 11.9. The number of amides is 2. The Morgan fingerprint density at radius 3 is 2.81 bits per heavy atom. The van der Waals surface area contributed by atoms with Crippen LogP contribution in [0.3, 0.4) is 0 Å². The van der Waals surface area contributed by atoms with E-state index in [-0.39, 0.29) is 40.1 Å². The van der Waals surface area contributed by atoms with E-state index in [1.165, 1.54) is 35.5 Å². The lowest BCUT2D eigenvalue weighted by atomic mass is 10.0. The summed E-state index contributed by atoms with van der Waals surface area (Å²) in [5.74, 6) is -1.89. The van der Waals surface area contributed by atoms with Crippen LogP contribution in [0, 0.1) is 5.41 Å². The summed E-state index contributed by atoms with van der Waals surface area (Å²) in [6, 6.07) is -0.976. The number of nitrogens with two attached hydrogens (primary N) is 2. The molecule has 18 heteroatoms. The number of carboxylic acids is 1. The molecule has 0 aliphatic carbocycles. The Kier molecular flexibility index (Phi) is 8.00. The number of fused-ring (bicyclic) bond motifs is 1. The van der Waals surface area contributed by atoms with Gasteiger partial charge in [0.2, 0.25) is 11.5 Å². The summed E-state index contributed by atoms with van der Waals surface area (Å²) in [5, 5.41) is 24.1. The molecule has 4 rings (SSSR count). The SMILES string of the molecule is CCN1C(SCC2=C(C(=O)O)N3C(=O)C(NC(=O)C(=NOC)c4nsc(N)n4)[C@@H]3SC2)=NC(=N)CC1N. The number of amidine groups is 2. The van der Waals surface area contributed by atoms with Gasteiger partial charge < -0.3 is 31.6 Å². The molecule has 0 radical (unpaired) electrons. The Morgan fingerprint density at radius 2 is 2.19 bits per heavy atom. The second kappa shape index (κ2) is 11.0. The minimum atomic E-state index is -1.25. The maximum Gasteiger partial charge on any atom is 0.352 e. The van der Waals surface area contributed by atoms with Crippen molar-refractivity contribution in [3.8, 4) is 0 Å². The zero-order valence-corrected chi connectivity index (χ0v) is 22.2. The van der Waals surface area contributed by atoms with E-state index in [0.29, 0.717) is 29.5 Å². The van der Waals surface area contributed by atoms with Crippen molar-refractivity contribution in [3.05, 3.63) is 17.1 Å². The predicted octanol–water partition coefficient (Wildman–Crippen LogP) is -0.714. The van der Waals surface area contributed by atoms with Gasteiger partial charge in [0.05, 0.1) is 6.17 Å². The number of nitrogens with one attached hydrogen (secondary N) is 2. The molecule has 15 nitrogen and oxygen atoms in total. The maximum atomic E-state index is 13.0. The third-order valence-corrected chi connectivity index (χ3v) is 8.54. The van der Waals surface area contributed by atoms with Gasteiger partial charge in [-0.05, 0) is 12.5 Å². The molecule has 0 saturated carbocycles. The number of carbonyl (C=O) groups excluding carboxylic acids is 2. The lowest BCUT2D eigenvalue weighted by Crippen LogP contribution is -2.71. The number of aliphatic imine (C=N–C) groups is 1. The van der Waals surface area contributed by atoms with Gasteiger partial charge in [-0.15, -0.1) is 11.8 Å². The summed E-state index contributed by atoms with van der Waals surface area (Å²) in [6.45, 7) is 2.51. The standard InChI is InChI=1S/C19H24N10O5S3/c1-3-28-9(21)4-8(20)23-19(28)36-6-7-5-35-16-11(15(31)29(16)12(7)17(32)33)24-14(30)10(26-34-2)13-25-18(22)37-27-13/h9,11,16,20H,3-6,21H2,1-2H3,(H,24,30)(H,32,33)(H2,22,25,27)/t9?,11?,16-/m0/s1. The van der Waals surface area contributed by atoms with Gasteiger partial charge in [-0.1, -0.05) is 16.9 Å². The number of hydrogen-bond acceptors (Lipinski definition) is 14. The first-order chi connectivity index (χ1) is 17.7. The second-order valence-electron chi connectivity index (χ2n) is 7.88. The van der Waals surface area contributed by atoms with Crippen LogP contribution in [0.5, 0.6) is 0 Å². The molecule has 3 aliphatic heterocycles. The number of rotatable bonds is 8. The summed E-state index contributed by atoms with van der Waals surface area (Å²) in [6.07, 6.45) is -0.0456. The topological polar surface area (TPSA) is 226 Å². The second-order valence-corrected chi connectivity index (χ2v) is 10.7. The third kappa shape index (κ3) is 5.27. The van der Waals surface area contributed by atoms with E-state index < -0.39 is 29.2 Å². The van der Waals surface area contributed by atoms with Crippen LogP contribution in [0.1, 0.15) is 19.2 Å². The molecule has 0 aromatic carbocycles. The Hall–Kier alpha value is -3.22. The molecule has 2 amide bonds. The van der Waals surface area contributed by atoms with Gasteiger partial charge in [-0.3, -0.25) is 19.9 Å². The van der Waals surface area contributed by atoms with E-state index in [1.807, 2.05) is 11.8 Å². The van der Waals surface area contributed by atoms with Crippen molar-refractivity contribution in [3.63, 3.8) is 0 Å². The summed E-state index contributed by atoms with van der Waals surface area (Å²) in [7, 11) is 1.24. The van der Waals surface area contributed by atoms with Crippen molar-refractivity contribution in [1.29, 1.82) is 5.41 Å². The molecule has 1 fully saturated rings. The Morgan fingerprint density at radius 1 is 1.43 bits per heavy atom. The Balaban J connectivity index is 1.49. The highest BCUT2D eigenvalue weighted by Crippen LogP contribution is 2.41. The largest absolute Gasteiger partial charge is 0.477 e. The van der Waals surface area contributed by atoms with Gasteiger partial charge in [-0.2, -0.15) is 9.36 Å². The number of anilines is 1. The van der Waals surface area contributed by atoms with Crippen molar-refractivity contribution in [2.45, 2.75) is 30.9 Å². The summed E-state index contributed by atoms with van der Waals surface area (Å²) >= 11 is 3.48. The molecule has 7 N–H and O–H groups in total. The van der Waals surface area contributed by atoms with Crippen LogP contribution in [-0.2, 0) is 19.2 Å². The molecule has 0 spiro atoms. The number of hydrogen-bond donors (Lipinski definition) is 5. The highest BCUT2D eigenvalue weighted by atomic mass is 32.2. The van der Waals surface area contributed by atoms with Gasteiger partial charge in [0.15, 0.2) is 10.3 Å². The zero-order chi connectivity index (χ0) is 26.9. The number of aromatic nitrogens is 2. The lowest BCUT2D eigenvalue weighted by Gasteiger charge is -2.49. The number of nitrogens with zero attached hydrogens (tertiary/aromatic N) is 6. The number of nitrogen functional groups attached to an aromatic ring is 1. The first-order valence-corrected chi connectivity index (χ1v) is 13.7. The van der Waals surface area contributed by atoms with E-state index in [9.17, 15) is 19.5 Å². The average molecular weight is 569 g/mol. The lowest BCUT2D eigenvalue weighted by molar-refractivity contribution is -0.150. The van der Waals surface area contributed by atoms with Gasteiger partial charge in [0.1, 0.15) is 30.1 Å². The zero-order valence-electron chi connectivity index (χ0n) is 19.7. The van der Waals surface area contributed by atoms with Gasteiger partial charge in [0, 0.05) is 36.0 Å². The smallest absolute Gasteiger partial charge is 0.352 e. The van der Waals surface area contributed by atoms with Crippen molar-refractivity contribution < 1.29 is 24.3 Å². The summed E-state index contributed by atoms with van der Waals surface area (Å²) in [4.78, 5) is 53.9. The monoisotopic (exact) mass is 568 g/mol. The van der Waals surface area contributed by atoms with Crippen molar-refractivity contribution in [2.24, 2.45) is 15.9 Å². The van der Waals surface area contributed by atoms with Crippen LogP contribution >= 0.6 is 35.1 Å². The fourth-order valence-electron chi connectivity index (χ4n) is 3.92. The highest BCUT2D eigenvalue weighted by molar-refractivity contribution is 8.14. The van der Waals surface area contributed by atoms with E-state index in [0.717, 1.165) is 11.5 Å². The quantitative estimate of drug-likeness (QED) is 0.149. The minimum absolute atomic E-state index is 0.0493. The molecular weight excluding hydrogens is 544 g/mol. The molecule has 3 aliphatic rings. The van der Waals surface area contributed by atoms with Crippen LogP contribution in [0.2, 0.25) is 0 Å². The molecule has 1 aromatic rings. The maximum absolute atomic E-state index is 13.0. The number of aliphatic carboxylic acids is 1. The van der Waals surface area contributed by atoms with Crippen LogP contribution in [0.15, 0.2) is 21.4 Å². The van der Waals surface area contributed by atoms with E-state index in [1.54, 1.807) is 0 Å². The van der Waals surface area contributed by atoms with Gasteiger partial charge in [0.25, 0.3) is 11.8 Å². The van der Waals surface area contributed by atoms with Crippen LogP contribution in [0.25, 0.3) is 0 Å². The van der Waals surface area contributed by atoms with Gasteiger partial charge >= 0.3 is 5.97 Å². The number of β-lactam (4-membered cyclic amide) rings is 1. The molecule has 0 bridgehead atoms. The normalized spacial score (nSPS) is 23.9. The average Bonchev–Trinajstić information content (AvgIpc) is 3.28. The minimum Gasteiger partial charge on any atom is -0.477 e. The number of oxime groups is 1. The number of carboxylic acid groups (broad SMARTS) is 1. The van der Waals surface area contributed by atoms with Crippen molar-refractivity contribution >= 4 is 74.7 Å². The molecule has 1 saturated heterocycles. The van der Waals surface area contributed by atoms with E-state index in [2.05, 4.69) is 24.8 Å². The fourth-order valence-corrected chi connectivity index (χ4v) is 6.98. The summed E-state index contributed by atoms with van der Waals surface area (Å²) < 4.78 is 3.94. The van der Waals surface area contributed by atoms with E-state index in [4.69, 9.17) is 21.7 Å². The van der Waals surface area contributed by atoms with Crippen molar-refractivity contribution in [2.75, 3.05) is 30.9 Å². The first-order valence-electron chi connectivity index (χ1n) is 10.9. The van der Waals surface area contributed by atoms with Crippen molar-refractivity contribution in [1.82, 2.24) is 24.5 Å². The Bertz CT molecular complexity index is 1230. The molecular formula is C19H24N10O5S3. The fraction of sp³-hybridized carbons (Fsp3) is 0.474. The van der Waals surface area contributed by atoms with Crippen LogP contribution in [0.4, 0.5) is 5.13 Å². The van der Waals surface area contributed by atoms with Gasteiger partial charge in [-0.25, -0.2) is 9.79 Å². The molecule has 3 atom stereocenters. The third-order valence-electron chi connectivity index (χ3n) is 5.58. The molecule has 198 valence electrons. The molecule has 4 heterocycles. The predicted molar refractivity (Wildman–Crippen MR) is 140 cm³/mol. The van der Waals surface area contributed by atoms with Crippen LogP contribution < -0.4 is 16.8 Å². The molecule has 37 heavy (non-hydrogen) atoms. The molecule has 2 unspecified atom stereocenters. The van der Waals surface area contributed by atoms with Crippen LogP contribution in [-0.4, -0.2) is 102 Å². The Labute approximate surface area is 223 Å².